The van der Waals surface area contributed by atoms with Crippen molar-refractivity contribution in [3.63, 3.8) is 0 Å². The Morgan fingerprint density at radius 1 is 1.27 bits per heavy atom. The van der Waals surface area contributed by atoms with E-state index in [0.717, 1.165) is 32.2 Å². The third-order valence-electron chi connectivity index (χ3n) is 4.95. The quantitative estimate of drug-likeness (QED) is 0.845. The molecule has 3 rings (SSSR count). The lowest BCUT2D eigenvalue weighted by Crippen LogP contribution is -2.46. The molecule has 0 radical (unpaired) electrons. The summed E-state index contributed by atoms with van der Waals surface area (Å²) >= 11 is 0. The van der Waals surface area contributed by atoms with Gasteiger partial charge in [-0.25, -0.2) is 9.37 Å². The molecule has 0 aliphatic carbocycles. The summed E-state index contributed by atoms with van der Waals surface area (Å²) < 4.78 is 14.6. The summed E-state index contributed by atoms with van der Waals surface area (Å²) in [6, 6.07) is 7.47. The summed E-state index contributed by atoms with van der Waals surface area (Å²) in [4.78, 5) is 31.8. The number of rotatable bonds is 4. The average molecular weight is 357 g/mol. The summed E-state index contributed by atoms with van der Waals surface area (Å²) in [6.45, 7) is 4.50. The zero-order chi connectivity index (χ0) is 18.7. The van der Waals surface area contributed by atoms with Crippen molar-refractivity contribution in [2.75, 3.05) is 6.54 Å². The first kappa shape index (κ1) is 18.3. The van der Waals surface area contributed by atoms with Crippen LogP contribution in [0.4, 0.5) is 4.39 Å². The zero-order valence-electron chi connectivity index (χ0n) is 15.2. The number of carbonyl (C=O) groups excluding carboxylic acids is 1. The van der Waals surface area contributed by atoms with Gasteiger partial charge >= 0.3 is 0 Å². The lowest BCUT2D eigenvalue weighted by atomic mass is 10.00. The number of likely N-dealkylation sites (tertiary alicyclic amines) is 1. The largest absolute Gasteiger partial charge is 0.338 e. The predicted octanol–water partition coefficient (Wildman–Crippen LogP) is 3.15. The lowest BCUT2D eigenvalue weighted by molar-refractivity contribution is -0.135. The first-order chi connectivity index (χ1) is 12.5. The second kappa shape index (κ2) is 7.81. The Labute approximate surface area is 152 Å². The number of hydrogen-bond donors (Lipinski definition) is 0. The molecule has 1 aliphatic rings. The van der Waals surface area contributed by atoms with Crippen molar-refractivity contribution < 1.29 is 9.18 Å². The van der Waals surface area contributed by atoms with Gasteiger partial charge in [0.1, 0.15) is 18.2 Å². The minimum atomic E-state index is -0.356. The fourth-order valence-corrected chi connectivity index (χ4v) is 3.57. The summed E-state index contributed by atoms with van der Waals surface area (Å²) in [5.74, 6) is -0.0217. The smallest absolute Gasteiger partial charge is 0.254 e. The number of amides is 1. The molecule has 1 fully saturated rings. The highest BCUT2D eigenvalue weighted by Gasteiger charge is 2.26. The van der Waals surface area contributed by atoms with Crippen molar-refractivity contribution in [3.05, 3.63) is 52.2 Å². The number of halogens is 1. The lowest BCUT2D eigenvalue weighted by Gasteiger charge is -2.35. The zero-order valence-corrected chi connectivity index (χ0v) is 15.2. The van der Waals surface area contributed by atoms with Gasteiger partial charge in [-0.15, -0.1) is 0 Å². The van der Waals surface area contributed by atoms with E-state index in [1.54, 1.807) is 19.1 Å². The Kier molecular flexibility index (Phi) is 5.49. The van der Waals surface area contributed by atoms with Crippen molar-refractivity contribution in [2.24, 2.45) is 0 Å². The molecular formula is C20H24FN3O2. The van der Waals surface area contributed by atoms with Crippen LogP contribution in [0.2, 0.25) is 0 Å². The van der Waals surface area contributed by atoms with E-state index in [1.165, 1.54) is 22.8 Å². The van der Waals surface area contributed by atoms with Crippen molar-refractivity contribution >= 4 is 5.91 Å². The van der Waals surface area contributed by atoms with E-state index in [-0.39, 0.29) is 29.9 Å². The Balaban J connectivity index is 1.95. The predicted molar refractivity (Wildman–Crippen MR) is 98.3 cm³/mol. The van der Waals surface area contributed by atoms with E-state index >= 15 is 0 Å². The first-order valence-corrected chi connectivity index (χ1v) is 9.13. The van der Waals surface area contributed by atoms with Crippen molar-refractivity contribution in [1.82, 2.24) is 14.5 Å². The minimum Gasteiger partial charge on any atom is -0.338 e. The van der Waals surface area contributed by atoms with E-state index < -0.39 is 0 Å². The maximum atomic E-state index is 13.2. The average Bonchev–Trinajstić information content (AvgIpc) is 2.64. The van der Waals surface area contributed by atoms with Gasteiger partial charge in [0, 0.05) is 29.9 Å². The molecule has 2 aromatic rings. The van der Waals surface area contributed by atoms with Gasteiger partial charge in [-0.2, -0.15) is 0 Å². The molecule has 138 valence electrons. The monoisotopic (exact) mass is 357 g/mol. The van der Waals surface area contributed by atoms with Crippen molar-refractivity contribution in [2.45, 2.75) is 52.1 Å². The molecule has 0 N–H and O–H groups in total. The van der Waals surface area contributed by atoms with Crippen molar-refractivity contribution in [3.8, 4) is 11.4 Å². The van der Waals surface area contributed by atoms with Gasteiger partial charge in [0.05, 0.1) is 0 Å². The van der Waals surface area contributed by atoms with Gasteiger partial charge < -0.3 is 4.90 Å². The number of piperidine rings is 1. The molecule has 1 atom stereocenters. The number of carbonyl (C=O) groups is 1. The van der Waals surface area contributed by atoms with Gasteiger partial charge in [-0.1, -0.05) is 6.92 Å². The fraction of sp³-hybridized carbons (Fsp3) is 0.450. The van der Waals surface area contributed by atoms with E-state index in [1.807, 2.05) is 4.90 Å². The molecule has 1 amide bonds. The topological polar surface area (TPSA) is 55.2 Å². The van der Waals surface area contributed by atoms with Crippen LogP contribution in [-0.4, -0.2) is 32.9 Å². The molecular weight excluding hydrogens is 333 g/mol. The number of hydrogen-bond acceptors (Lipinski definition) is 3. The summed E-state index contributed by atoms with van der Waals surface area (Å²) in [5, 5.41) is 0. The molecule has 26 heavy (non-hydrogen) atoms. The highest BCUT2D eigenvalue weighted by atomic mass is 19.1. The van der Waals surface area contributed by atoms with E-state index in [4.69, 9.17) is 0 Å². The first-order valence-electron chi connectivity index (χ1n) is 9.13. The van der Waals surface area contributed by atoms with E-state index in [9.17, 15) is 14.0 Å². The van der Waals surface area contributed by atoms with Crippen LogP contribution in [0.5, 0.6) is 0 Å². The summed E-state index contributed by atoms with van der Waals surface area (Å²) in [5.41, 5.74) is 0.920. The minimum absolute atomic E-state index is 0.0463. The Morgan fingerprint density at radius 2 is 2.00 bits per heavy atom. The molecule has 1 aromatic carbocycles. The van der Waals surface area contributed by atoms with Crippen LogP contribution >= 0.6 is 0 Å². The molecule has 5 nitrogen and oxygen atoms in total. The molecule has 6 heteroatoms. The molecule has 2 heterocycles. The second-order valence-corrected chi connectivity index (χ2v) is 6.80. The Bertz CT molecular complexity index is 845. The molecule has 0 spiro atoms. The standard InChI is InChI=1S/C20H24FN3O2/c1-3-17-6-4-5-11-23(17)19(26)13-24-18(25)12-14(2)22-20(24)15-7-9-16(21)10-8-15/h7-10,12,17H,3-6,11,13H2,1-2H3/t17-/m1/s1. The maximum absolute atomic E-state index is 13.2. The molecule has 0 unspecified atom stereocenters. The van der Waals surface area contributed by atoms with Crippen LogP contribution in [0.25, 0.3) is 11.4 Å². The summed E-state index contributed by atoms with van der Waals surface area (Å²) in [6.07, 6.45) is 4.05. The Morgan fingerprint density at radius 3 is 2.69 bits per heavy atom. The van der Waals surface area contributed by atoms with Crippen LogP contribution in [0, 0.1) is 12.7 Å². The molecule has 1 aromatic heterocycles. The third-order valence-corrected chi connectivity index (χ3v) is 4.95. The van der Waals surface area contributed by atoms with Crippen LogP contribution < -0.4 is 5.56 Å². The normalized spacial score (nSPS) is 17.3. The van der Waals surface area contributed by atoms with E-state index in [2.05, 4.69) is 11.9 Å². The van der Waals surface area contributed by atoms with Crippen LogP contribution in [0.1, 0.15) is 38.3 Å². The van der Waals surface area contributed by atoms with E-state index in [0.29, 0.717) is 17.1 Å². The fourth-order valence-electron chi connectivity index (χ4n) is 3.57. The maximum Gasteiger partial charge on any atom is 0.254 e. The van der Waals surface area contributed by atoms with Crippen molar-refractivity contribution in [1.29, 1.82) is 0 Å². The van der Waals surface area contributed by atoms with Crippen LogP contribution in [0.3, 0.4) is 0 Å². The number of aromatic nitrogens is 2. The molecule has 0 bridgehead atoms. The Hall–Kier alpha value is -2.50. The highest BCUT2D eigenvalue weighted by molar-refractivity contribution is 5.77. The van der Waals surface area contributed by atoms with Crippen LogP contribution in [-0.2, 0) is 11.3 Å². The third kappa shape index (κ3) is 3.84. The highest BCUT2D eigenvalue weighted by Crippen LogP contribution is 2.21. The molecule has 1 aliphatic heterocycles. The van der Waals surface area contributed by atoms with Gasteiger partial charge in [0.25, 0.3) is 5.56 Å². The number of nitrogens with zero attached hydrogens (tertiary/aromatic N) is 3. The van der Waals surface area contributed by atoms with Crippen LogP contribution in [0.15, 0.2) is 35.1 Å². The molecule has 0 saturated carbocycles. The van der Waals surface area contributed by atoms with Gasteiger partial charge in [0.15, 0.2) is 0 Å². The number of aryl methyl sites for hydroxylation is 1. The van der Waals surface area contributed by atoms with Gasteiger partial charge in [-0.3, -0.25) is 14.2 Å². The second-order valence-electron chi connectivity index (χ2n) is 6.80. The number of benzene rings is 1. The summed E-state index contributed by atoms with van der Waals surface area (Å²) in [7, 11) is 0. The van der Waals surface area contributed by atoms with Gasteiger partial charge in [0.2, 0.25) is 5.91 Å². The molecule has 1 saturated heterocycles. The van der Waals surface area contributed by atoms with Gasteiger partial charge in [-0.05, 0) is 56.9 Å². The SMILES string of the molecule is CC[C@@H]1CCCCN1C(=O)Cn1c(-c2ccc(F)cc2)nc(C)cc1=O.